The number of carboxylic acid groups (broad SMARTS) is 1. The molecule has 1 N–H and O–H groups in total. The maximum absolute atomic E-state index is 11.2. The second-order valence-electron chi connectivity index (χ2n) is 3.01. The first-order valence-electron chi connectivity index (χ1n) is 3.94. The molecular formula is C6H14ClNO6S2. The zero-order valence-electron chi connectivity index (χ0n) is 8.94. The first kappa shape index (κ1) is 18.0. The number of hydrogen-bond donors (Lipinski definition) is 1. The van der Waals surface area contributed by atoms with E-state index in [1.54, 1.807) is 0 Å². The Bertz CT molecular complexity index is 410. The Hall–Kier alpha value is -0.380. The van der Waals surface area contributed by atoms with Gasteiger partial charge >= 0.3 is 5.97 Å². The highest BCUT2D eigenvalue weighted by atomic mass is 35.5. The second-order valence-corrected chi connectivity index (χ2v) is 6.96. The lowest BCUT2D eigenvalue weighted by molar-refractivity contribution is -0.140. The standard InChI is InChI=1S/C6H13NO6S2.ClH/c1-4-5(6(8)9)7(14(2,10)11)15(3,12)13;/h5H,4H2,1-3H3,(H,8,9);1H. The molecule has 0 aromatic heterocycles. The predicted molar refractivity (Wildman–Crippen MR) is 60.5 cm³/mol. The summed E-state index contributed by atoms with van der Waals surface area (Å²) >= 11 is 0. The average molecular weight is 296 g/mol. The molecule has 10 heteroatoms. The lowest BCUT2D eigenvalue weighted by Gasteiger charge is -2.23. The number of sulfonamides is 2. The second kappa shape index (κ2) is 5.80. The summed E-state index contributed by atoms with van der Waals surface area (Å²) in [5.74, 6) is -1.49. The number of rotatable bonds is 5. The van der Waals surface area contributed by atoms with E-state index in [1.165, 1.54) is 6.92 Å². The molecule has 16 heavy (non-hydrogen) atoms. The summed E-state index contributed by atoms with van der Waals surface area (Å²) in [5.41, 5.74) is 0. The zero-order chi connectivity index (χ0) is 12.4. The van der Waals surface area contributed by atoms with E-state index in [2.05, 4.69) is 0 Å². The summed E-state index contributed by atoms with van der Waals surface area (Å²) < 4.78 is 44.7. The molecule has 0 aliphatic carbocycles. The van der Waals surface area contributed by atoms with Crippen molar-refractivity contribution in [3.63, 3.8) is 0 Å². The normalized spacial score (nSPS) is 14.2. The summed E-state index contributed by atoms with van der Waals surface area (Å²) in [6.45, 7) is 1.39. The number of nitrogens with zero attached hydrogens (tertiary/aromatic N) is 1. The molecule has 0 aromatic carbocycles. The van der Waals surface area contributed by atoms with Gasteiger partial charge in [-0.3, -0.25) is 4.79 Å². The highest BCUT2D eigenvalue weighted by molar-refractivity contribution is 8.03. The third kappa shape index (κ3) is 4.64. The van der Waals surface area contributed by atoms with Crippen LogP contribution in [0.3, 0.4) is 0 Å². The van der Waals surface area contributed by atoms with Crippen molar-refractivity contribution < 1.29 is 26.7 Å². The van der Waals surface area contributed by atoms with E-state index in [-0.39, 0.29) is 22.5 Å². The molecule has 0 bridgehead atoms. The molecule has 0 saturated heterocycles. The van der Waals surface area contributed by atoms with E-state index >= 15 is 0 Å². The number of aliphatic carboxylic acids is 1. The highest BCUT2D eigenvalue weighted by Crippen LogP contribution is 2.14. The molecule has 0 aromatic rings. The van der Waals surface area contributed by atoms with Crippen molar-refractivity contribution in [3.8, 4) is 0 Å². The number of carbonyl (C=O) groups is 1. The van der Waals surface area contributed by atoms with E-state index in [9.17, 15) is 21.6 Å². The Balaban J connectivity index is 0. The van der Waals surface area contributed by atoms with Crippen molar-refractivity contribution in [1.82, 2.24) is 3.71 Å². The highest BCUT2D eigenvalue weighted by Gasteiger charge is 2.38. The van der Waals surface area contributed by atoms with Gasteiger partial charge in [-0.05, 0) is 6.42 Å². The fourth-order valence-corrected chi connectivity index (χ4v) is 4.49. The van der Waals surface area contributed by atoms with Gasteiger partial charge in [-0.15, -0.1) is 12.4 Å². The van der Waals surface area contributed by atoms with Crippen LogP contribution in [0.5, 0.6) is 0 Å². The van der Waals surface area contributed by atoms with Crippen LogP contribution in [-0.2, 0) is 24.8 Å². The molecule has 0 radical (unpaired) electrons. The Morgan fingerprint density at radius 3 is 1.56 bits per heavy atom. The fourth-order valence-electron chi connectivity index (χ4n) is 1.12. The summed E-state index contributed by atoms with van der Waals surface area (Å²) in [6.07, 6.45) is 1.18. The van der Waals surface area contributed by atoms with Crippen LogP contribution in [0.15, 0.2) is 0 Å². The van der Waals surface area contributed by atoms with Crippen molar-refractivity contribution in [2.24, 2.45) is 0 Å². The molecule has 0 spiro atoms. The molecule has 1 unspecified atom stereocenters. The Kier molecular flexibility index (Phi) is 6.53. The van der Waals surface area contributed by atoms with E-state index in [0.29, 0.717) is 12.5 Å². The van der Waals surface area contributed by atoms with Gasteiger partial charge in [0.15, 0.2) is 0 Å². The van der Waals surface area contributed by atoms with Crippen LogP contribution in [-0.4, -0.2) is 50.2 Å². The van der Waals surface area contributed by atoms with E-state index < -0.39 is 32.1 Å². The van der Waals surface area contributed by atoms with Crippen LogP contribution in [0, 0.1) is 0 Å². The third-order valence-corrected chi connectivity index (χ3v) is 5.02. The molecule has 0 heterocycles. The van der Waals surface area contributed by atoms with Crippen molar-refractivity contribution in [2.75, 3.05) is 12.5 Å². The monoisotopic (exact) mass is 295 g/mol. The van der Waals surface area contributed by atoms with Crippen molar-refractivity contribution >= 4 is 38.4 Å². The minimum Gasteiger partial charge on any atom is -0.480 e. The van der Waals surface area contributed by atoms with Crippen molar-refractivity contribution in [3.05, 3.63) is 0 Å². The summed E-state index contributed by atoms with van der Waals surface area (Å²) in [7, 11) is -8.23. The fraction of sp³-hybridized carbons (Fsp3) is 0.833. The van der Waals surface area contributed by atoms with Gasteiger partial charge in [0, 0.05) is 0 Å². The van der Waals surface area contributed by atoms with Crippen LogP contribution in [0.4, 0.5) is 0 Å². The first-order chi connectivity index (χ1) is 6.51. The average Bonchev–Trinajstić information content (AvgIpc) is 1.93. The van der Waals surface area contributed by atoms with Crippen molar-refractivity contribution in [2.45, 2.75) is 19.4 Å². The molecular weight excluding hydrogens is 282 g/mol. The largest absolute Gasteiger partial charge is 0.480 e. The summed E-state index contributed by atoms with van der Waals surface area (Å²) in [5, 5.41) is 8.70. The van der Waals surface area contributed by atoms with Gasteiger partial charge in [-0.25, -0.2) is 16.8 Å². The third-order valence-electron chi connectivity index (χ3n) is 1.58. The molecule has 7 nitrogen and oxygen atoms in total. The van der Waals surface area contributed by atoms with Crippen LogP contribution >= 0.6 is 12.4 Å². The molecule has 0 rings (SSSR count). The van der Waals surface area contributed by atoms with Crippen LogP contribution in [0.2, 0.25) is 0 Å². The Morgan fingerprint density at radius 1 is 1.19 bits per heavy atom. The van der Waals surface area contributed by atoms with Gasteiger partial charge in [-0.1, -0.05) is 10.6 Å². The van der Waals surface area contributed by atoms with Gasteiger partial charge in [-0.2, -0.15) is 0 Å². The number of carboxylic acids is 1. The molecule has 98 valence electrons. The molecule has 0 saturated carbocycles. The lowest BCUT2D eigenvalue weighted by atomic mass is 10.2. The molecule has 0 aliphatic rings. The van der Waals surface area contributed by atoms with Crippen LogP contribution in [0.25, 0.3) is 0 Å². The summed E-state index contributed by atoms with van der Waals surface area (Å²) in [4.78, 5) is 10.7. The molecule has 1 atom stereocenters. The van der Waals surface area contributed by atoms with Crippen molar-refractivity contribution in [1.29, 1.82) is 0 Å². The zero-order valence-corrected chi connectivity index (χ0v) is 11.4. The number of hydrogen-bond acceptors (Lipinski definition) is 5. The van der Waals surface area contributed by atoms with Crippen LogP contribution < -0.4 is 0 Å². The maximum Gasteiger partial charge on any atom is 0.323 e. The lowest BCUT2D eigenvalue weighted by Crippen LogP contribution is -2.47. The van der Waals surface area contributed by atoms with E-state index in [4.69, 9.17) is 5.11 Å². The minimum absolute atomic E-state index is 0. The smallest absolute Gasteiger partial charge is 0.323 e. The Labute approximate surface area is 101 Å². The van der Waals surface area contributed by atoms with Gasteiger partial charge in [0.1, 0.15) is 6.04 Å². The predicted octanol–water partition coefficient (Wildman–Crippen LogP) is -0.507. The molecule has 0 fully saturated rings. The first-order valence-corrected chi connectivity index (χ1v) is 7.63. The van der Waals surface area contributed by atoms with Gasteiger partial charge in [0.2, 0.25) is 20.0 Å². The van der Waals surface area contributed by atoms with Gasteiger partial charge in [0.05, 0.1) is 12.5 Å². The Morgan fingerprint density at radius 2 is 1.50 bits per heavy atom. The minimum atomic E-state index is -4.11. The summed E-state index contributed by atoms with van der Waals surface area (Å²) in [6, 6.07) is -1.59. The van der Waals surface area contributed by atoms with Crippen LogP contribution in [0.1, 0.15) is 13.3 Å². The molecule has 0 aliphatic heterocycles. The van der Waals surface area contributed by atoms with Gasteiger partial charge < -0.3 is 5.11 Å². The quantitative estimate of drug-likeness (QED) is 0.732. The molecule has 0 amide bonds. The topological polar surface area (TPSA) is 109 Å². The SMILES string of the molecule is CCC(C(=O)O)N(S(C)(=O)=O)S(C)(=O)=O.Cl. The maximum atomic E-state index is 11.2. The van der Waals surface area contributed by atoms with E-state index in [1.807, 2.05) is 0 Å². The van der Waals surface area contributed by atoms with Gasteiger partial charge in [0.25, 0.3) is 0 Å². The van der Waals surface area contributed by atoms with E-state index in [0.717, 1.165) is 0 Å². The number of halogens is 1.